The number of nitrogens with zero attached hydrogens (tertiary/aromatic N) is 2. The molecule has 1 aromatic heterocycles. The second-order valence-corrected chi connectivity index (χ2v) is 5.06. The van der Waals surface area contributed by atoms with Gasteiger partial charge in [-0.25, -0.2) is 0 Å². The van der Waals surface area contributed by atoms with Crippen molar-refractivity contribution in [1.29, 1.82) is 0 Å². The zero-order valence-electron chi connectivity index (χ0n) is 9.48. The summed E-state index contributed by atoms with van der Waals surface area (Å²) in [6, 6.07) is 0.331. The molecule has 1 fully saturated rings. The summed E-state index contributed by atoms with van der Waals surface area (Å²) in [6.45, 7) is 5.80. The SMILES string of the molecule is CC1CN(c2c(N)cncc2Br)C(C)CO1. The van der Waals surface area contributed by atoms with E-state index in [2.05, 4.69) is 39.7 Å². The van der Waals surface area contributed by atoms with Gasteiger partial charge in [-0.2, -0.15) is 0 Å². The van der Waals surface area contributed by atoms with Gasteiger partial charge in [-0.15, -0.1) is 0 Å². The molecular formula is C11H16BrN3O. The summed E-state index contributed by atoms with van der Waals surface area (Å²) in [6.07, 6.45) is 3.70. The van der Waals surface area contributed by atoms with Crippen molar-refractivity contribution in [2.45, 2.75) is 26.0 Å². The zero-order chi connectivity index (χ0) is 11.7. The fraction of sp³-hybridized carbons (Fsp3) is 0.545. The molecule has 2 unspecified atom stereocenters. The van der Waals surface area contributed by atoms with Gasteiger partial charge in [0.05, 0.1) is 34.8 Å². The summed E-state index contributed by atoms with van der Waals surface area (Å²) in [5.41, 5.74) is 7.71. The lowest BCUT2D eigenvalue weighted by Gasteiger charge is -2.39. The van der Waals surface area contributed by atoms with E-state index < -0.39 is 0 Å². The smallest absolute Gasteiger partial charge is 0.0780 e. The van der Waals surface area contributed by atoms with E-state index >= 15 is 0 Å². The van der Waals surface area contributed by atoms with Gasteiger partial charge in [0.2, 0.25) is 0 Å². The van der Waals surface area contributed by atoms with Crippen LogP contribution in [0.15, 0.2) is 16.9 Å². The number of pyridine rings is 1. The molecule has 5 heteroatoms. The summed E-state index contributed by atoms with van der Waals surface area (Å²) < 4.78 is 6.55. The fourth-order valence-electron chi connectivity index (χ4n) is 1.96. The van der Waals surface area contributed by atoms with Crippen LogP contribution in [0.1, 0.15) is 13.8 Å². The highest BCUT2D eigenvalue weighted by Crippen LogP contribution is 2.33. The summed E-state index contributed by atoms with van der Waals surface area (Å²) in [4.78, 5) is 6.33. The van der Waals surface area contributed by atoms with Crippen LogP contribution in [-0.4, -0.2) is 30.3 Å². The van der Waals surface area contributed by atoms with Crippen LogP contribution in [0.2, 0.25) is 0 Å². The van der Waals surface area contributed by atoms with Gasteiger partial charge in [-0.3, -0.25) is 4.98 Å². The molecule has 16 heavy (non-hydrogen) atoms. The van der Waals surface area contributed by atoms with Gasteiger partial charge in [0.15, 0.2) is 0 Å². The molecule has 88 valence electrons. The Morgan fingerprint density at radius 3 is 2.94 bits per heavy atom. The van der Waals surface area contributed by atoms with Crippen LogP contribution in [-0.2, 0) is 4.74 Å². The number of ether oxygens (including phenoxy) is 1. The van der Waals surface area contributed by atoms with E-state index in [1.165, 1.54) is 0 Å². The average Bonchev–Trinajstić information content (AvgIpc) is 2.23. The Balaban J connectivity index is 2.35. The van der Waals surface area contributed by atoms with Crippen LogP contribution < -0.4 is 10.6 Å². The van der Waals surface area contributed by atoms with Crippen LogP contribution in [0.5, 0.6) is 0 Å². The minimum atomic E-state index is 0.232. The fourth-order valence-corrected chi connectivity index (χ4v) is 2.54. The molecule has 2 atom stereocenters. The third-order valence-corrected chi connectivity index (χ3v) is 3.38. The molecular weight excluding hydrogens is 270 g/mol. The third kappa shape index (κ3) is 2.15. The van der Waals surface area contributed by atoms with Gasteiger partial charge in [0.25, 0.3) is 0 Å². The summed E-state index contributed by atoms with van der Waals surface area (Å²) in [5, 5.41) is 0. The van der Waals surface area contributed by atoms with Crippen LogP contribution in [0.4, 0.5) is 11.4 Å². The summed E-state index contributed by atoms with van der Waals surface area (Å²) in [7, 11) is 0. The normalized spacial score (nSPS) is 25.8. The van der Waals surface area contributed by atoms with Crippen LogP contribution in [0, 0.1) is 0 Å². The van der Waals surface area contributed by atoms with Gasteiger partial charge in [0, 0.05) is 18.8 Å². The quantitative estimate of drug-likeness (QED) is 0.858. The number of nitrogens with two attached hydrogens (primary N) is 1. The number of nitrogen functional groups attached to an aromatic ring is 1. The van der Waals surface area contributed by atoms with Crippen molar-refractivity contribution in [1.82, 2.24) is 4.98 Å². The molecule has 1 aliphatic rings. The molecule has 2 N–H and O–H groups in total. The van der Waals surface area contributed by atoms with E-state index in [-0.39, 0.29) is 6.10 Å². The van der Waals surface area contributed by atoms with E-state index in [0.717, 1.165) is 23.3 Å². The first-order valence-electron chi connectivity index (χ1n) is 5.37. The van der Waals surface area contributed by atoms with Crippen LogP contribution in [0.25, 0.3) is 0 Å². The maximum atomic E-state index is 5.98. The molecule has 0 bridgehead atoms. The molecule has 1 saturated heterocycles. The minimum absolute atomic E-state index is 0.232. The molecule has 0 radical (unpaired) electrons. The highest BCUT2D eigenvalue weighted by Gasteiger charge is 2.26. The molecule has 4 nitrogen and oxygen atoms in total. The van der Waals surface area contributed by atoms with E-state index in [1.54, 1.807) is 12.4 Å². The van der Waals surface area contributed by atoms with Crippen molar-refractivity contribution in [3.8, 4) is 0 Å². The second kappa shape index (κ2) is 4.59. The van der Waals surface area contributed by atoms with Gasteiger partial charge >= 0.3 is 0 Å². The molecule has 1 aromatic rings. The molecule has 1 aliphatic heterocycles. The second-order valence-electron chi connectivity index (χ2n) is 4.20. The Kier molecular flexibility index (Phi) is 3.35. The lowest BCUT2D eigenvalue weighted by Crippen LogP contribution is -2.47. The summed E-state index contributed by atoms with van der Waals surface area (Å²) in [5.74, 6) is 0. The predicted molar refractivity (Wildman–Crippen MR) is 68.6 cm³/mol. The number of anilines is 2. The minimum Gasteiger partial charge on any atom is -0.396 e. The monoisotopic (exact) mass is 285 g/mol. The number of halogens is 1. The Bertz CT molecular complexity index is 365. The topological polar surface area (TPSA) is 51.4 Å². The molecule has 2 rings (SSSR count). The van der Waals surface area contributed by atoms with Gasteiger partial charge < -0.3 is 15.4 Å². The van der Waals surface area contributed by atoms with Crippen molar-refractivity contribution in [3.63, 3.8) is 0 Å². The van der Waals surface area contributed by atoms with Gasteiger partial charge in [-0.1, -0.05) is 0 Å². The highest BCUT2D eigenvalue weighted by atomic mass is 79.9. The van der Waals surface area contributed by atoms with Crippen molar-refractivity contribution >= 4 is 27.3 Å². The third-order valence-electron chi connectivity index (χ3n) is 2.80. The molecule has 0 aliphatic carbocycles. The molecule has 0 spiro atoms. The van der Waals surface area contributed by atoms with E-state index in [1.807, 2.05) is 0 Å². The highest BCUT2D eigenvalue weighted by molar-refractivity contribution is 9.10. The number of hydrogen-bond donors (Lipinski definition) is 1. The molecule has 0 amide bonds. The Morgan fingerprint density at radius 1 is 1.50 bits per heavy atom. The Morgan fingerprint density at radius 2 is 2.25 bits per heavy atom. The Hall–Kier alpha value is -0.810. The first-order valence-corrected chi connectivity index (χ1v) is 6.16. The van der Waals surface area contributed by atoms with E-state index in [9.17, 15) is 0 Å². The number of hydrogen-bond acceptors (Lipinski definition) is 4. The van der Waals surface area contributed by atoms with Crippen molar-refractivity contribution in [3.05, 3.63) is 16.9 Å². The predicted octanol–water partition coefficient (Wildman–Crippen LogP) is 2.04. The van der Waals surface area contributed by atoms with E-state index in [4.69, 9.17) is 10.5 Å². The lowest BCUT2D eigenvalue weighted by molar-refractivity contribution is 0.0344. The van der Waals surface area contributed by atoms with Crippen LogP contribution in [0.3, 0.4) is 0 Å². The standard InChI is InChI=1S/C11H16BrN3O/c1-7-6-16-8(2)5-15(7)11-9(12)3-14-4-10(11)13/h3-4,7-8H,5-6,13H2,1-2H3. The van der Waals surface area contributed by atoms with Crippen LogP contribution >= 0.6 is 15.9 Å². The number of morpholine rings is 1. The maximum Gasteiger partial charge on any atom is 0.0780 e. The molecule has 0 saturated carbocycles. The van der Waals surface area contributed by atoms with E-state index in [0.29, 0.717) is 11.7 Å². The van der Waals surface area contributed by atoms with Gasteiger partial charge in [0.1, 0.15) is 0 Å². The number of rotatable bonds is 1. The first-order chi connectivity index (χ1) is 7.59. The largest absolute Gasteiger partial charge is 0.396 e. The summed E-state index contributed by atoms with van der Waals surface area (Å²) >= 11 is 3.51. The average molecular weight is 286 g/mol. The zero-order valence-corrected chi connectivity index (χ0v) is 11.1. The number of aromatic nitrogens is 1. The molecule has 0 aromatic carbocycles. The van der Waals surface area contributed by atoms with Crippen molar-refractivity contribution < 1.29 is 4.74 Å². The Labute approximate surface area is 104 Å². The van der Waals surface area contributed by atoms with Crippen molar-refractivity contribution in [2.24, 2.45) is 0 Å². The molecule has 2 heterocycles. The lowest BCUT2D eigenvalue weighted by atomic mass is 10.1. The van der Waals surface area contributed by atoms with Crippen molar-refractivity contribution in [2.75, 3.05) is 23.8 Å². The first kappa shape index (κ1) is 11.7. The van der Waals surface area contributed by atoms with Gasteiger partial charge in [-0.05, 0) is 29.8 Å². The maximum absolute atomic E-state index is 5.98.